The summed E-state index contributed by atoms with van der Waals surface area (Å²) in [7, 11) is 0. The number of aromatic amines is 2. The van der Waals surface area contributed by atoms with E-state index in [9.17, 15) is 4.79 Å². The SMILES string of the molecule is Cc1[nH]c2cc[nH]c(=O)c2c1Cc1ccccc1. The van der Waals surface area contributed by atoms with Gasteiger partial charge >= 0.3 is 0 Å². The number of H-pyrrole nitrogens is 2. The lowest BCUT2D eigenvalue weighted by Crippen LogP contribution is -2.05. The van der Waals surface area contributed by atoms with Crippen molar-refractivity contribution in [1.82, 2.24) is 9.97 Å². The standard InChI is InChI=1S/C15H14N2O/c1-10-12(9-11-5-3-2-4-6-11)14-13(17-10)7-8-16-15(14)18/h2-8,17H,9H2,1H3,(H,16,18). The summed E-state index contributed by atoms with van der Waals surface area (Å²) in [5.74, 6) is 0. The molecule has 0 aliphatic rings. The zero-order chi connectivity index (χ0) is 12.5. The molecule has 0 saturated heterocycles. The van der Waals surface area contributed by atoms with E-state index >= 15 is 0 Å². The maximum Gasteiger partial charge on any atom is 0.257 e. The molecule has 0 spiro atoms. The van der Waals surface area contributed by atoms with Crippen LogP contribution in [0.5, 0.6) is 0 Å². The number of rotatable bonds is 2. The van der Waals surface area contributed by atoms with Gasteiger partial charge in [0, 0.05) is 18.3 Å². The monoisotopic (exact) mass is 238 g/mol. The maximum atomic E-state index is 11.9. The van der Waals surface area contributed by atoms with E-state index in [1.54, 1.807) is 6.20 Å². The highest BCUT2D eigenvalue weighted by atomic mass is 16.1. The molecule has 3 nitrogen and oxygen atoms in total. The van der Waals surface area contributed by atoms with Gasteiger partial charge in [0.25, 0.3) is 5.56 Å². The average molecular weight is 238 g/mol. The van der Waals surface area contributed by atoms with E-state index in [0.29, 0.717) is 0 Å². The Labute approximate surface area is 104 Å². The molecule has 0 radical (unpaired) electrons. The summed E-state index contributed by atoms with van der Waals surface area (Å²) in [6.07, 6.45) is 2.45. The van der Waals surface area contributed by atoms with Gasteiger partial charge in [0.2, 0.25) is 0 Å². The third kappa shape index (κ3) is 1.74. The number of aromatic nitrogens is 2. The van der Waals surface area contributed by atoms with Crippen LogP contribution in [-0.2, 0) is 6.42 Å². The fourth-order valence-electron chi connectivity index (χ4n) is 2.37. The van der Waals surface area contributed by atoms with Gasteiger partial charge < -0.3 is 9.97 Å². The highest BCUT2D eigenvalue weighted by molar-refractivity contribution is 5.83. The minimum absolute atomic E-state index is 0.0252. The van der Waals surface area contributed by atoms with Crippen LogP contribution in [0.1, 0.15) is 16.8 Å². The minimum atomic E-state index is -0.0252. The van der Waals surface area contributed by atoms with Crippen LogP contribution in [-0.4, -0.2) is 9.97 Å². The largest absolute Gasteiger partial charge is 0.358 e. The lowest BCUT2D eigenvalue weighted by Gasteiger charge is -2.01. The van der Waals surface area contributed by atoms with Crippen molar-refractivity contribution in [3.63, 3.8) is 0 Å². The first-order chi connectivity index (χ1) is 8.75. The van der Waals surface area contributed by atoms with E-state index in [0.717, 1.165) is 28.6 Å². The lowest BCUT2D eigenvalue weighted by atomic mass is 10.0. The Hall–Kier alpha value is -2.29. The fraction of sp³-hybridized carbons (Fsp3) is 0.133. The van der Waals surface area contributed by atoms with E-state index in [-0.39, 0.29) is 5.56 Å². The molecule has 0 aliphatic heterocycles. The molecule has 1 aromatic carbocycles. The van der Waals surface area contributed by atoms with Crippen molar-refractivity contribution in [2.75, 3.05) is 0 Å². The first kappa shape index (κ1) is 10.8. The summed E-state index contributed by atoms with van der Waals surface area (Å²) in [5, 5.41) is 0.777. The number of hydrogen-bond donors (Lipinski definition) is 2. The Kier molecular flexibility index (Phi) is 2.52. The summed E-state index contributed by atoms with van der Waals surface area (Å²) in [5.41, 5.74) is 4.23. The highest BCUT2D eigenvalue weighted by Crippen LogP contribution is 2.21. The summed E-state index contributed by atoms with van der Waals surface area (Å²) in [6.45, 7) is 2.01. The van der Waals surface area contributed by atoms with E-state index < -0.39 is 0 Å². The Balaban J connectivity index is 2.17. The van der Waals surface area contributed by atoms with Gasteiger partial charge in [-0.3, -0.25) is 4.79 Å². The van der Waals surface area contributed by atoms with Crippen LogP contribution < -0.4 is 5.56 Å². The maximum absolute atomic E-state index is 11.9. The summed E-state index contributed by atoms with van der Waals surface area (Å²) in [4.78, 5) is 17.9. The van der Waals surface area contributed by atoms with Gasteiger partial charge in [-0.05, 0) is 24.1 Å². The van der Waals surface area contributed by atoms with Crippen molar-refractivity contribution < 1.29 is 0 Å². The van der Waals surface area contributed by atoms with Crippen molar-refractivity contribution >= 4 is 10.9 Å². The van der Waals surface area contributed by atoms with Crippen LogP contribution >= 0.6 is 0 Å². The van der Waals surface area contributed by atoms with Gasteiger partial charge in [0.15, 0.2) is 0 Å². The predicted octanol–water partition coefficient (Wildman–Crippen LogP) is 2.76. The smallest absolute Gasteiger partial charge is 0.257 e. The molecular formula is C15H14N2O. The third-order valence-corrected chi connectivity index (χ3v) is 3.26. The van der Waals surface area contributed by atoms with E-state index in [1.807, 2.05) is 31.2 Å². The van der Waals surface area contributed by atoms with Gasteiger partial charge in [0.05, 0.1) is 10.9 Å². The van der Waals surface area contributed by atoms with Gasteiger partial charge in [0.1, 0.15) is 0 Å². The molecule has 2 aromatic heterocycles. The number of nitrogens with one attached hydrogen (secondary N) is 2. The zero-order valence-electron chi connectivity index (χ0n) is 10.2. The molecule has 0 unspecified atom stereocenters. The number of pyridine rings is 1. The molecule has 0 aliphatic carbocycles. The van der Waals surface area contributed by atoms with Crippen LogP contribution in [0.3, 0.4) is 0 Å². The quantitative estimate of drug-likeness (QED) is 0.708. The Morgan fingerprint density at radius 2 is 1.89 bits per heavy atom. The minimum Gasteiger partial charge on any atom is -0.358 e. The lowest BCUT2D eigenvalue weighted by molar-refractivity contribution is 1.14. The first-order valence-electron chi connectivity index (χ1n) is 5.98. The molecule has 0 amide bonds. The summed E-state index contributed by atoms with van der Waals surface area (Å²) < 4.78 is 0. The second kappa shape index (κ2) is 4.18. The summed E-state index contributed by atoms with van der Waals surface area (Å²) in [6, 6.07) is 12.1. The van der Waals surface area contributed by atoms with Crippen LogP contribution in [0.15, 0.2) is 47.4 Å². The molecule has 90 valence electrons. The van der Waals surface area contributed by atoms with Gasteiger partial charge in [-0.1, -0.05) is 30.3 Å². The number of benzene rings is 1. The normalized spacial score (nSPS) is 10.9. The Morgan fingerprint density at radius 3 is 2.67 bits per heavy atom. The van der Waals surface area contributed by atoms with Gasteiger partial charge in [-0.25, -0.2) is 0 Å². The number of aryl methyl sites for hydroxylation is 1. The van der Waals surface area contributed by atoms with Gasteiger partial charge in [-0.15, -0.1) is 0 Å². The van der Waals surface area contributed by atoms with Crippen molar-refractivity contribution in [3.05, 3.63) is 69.8 Å². The molecule has 18 heavy (non-hydrogen) atoms. The van der Waals surface area contributed by atoms with E-state index in [1.165, 1.54) is 5.56 Å². The molecule has 3 aromatic rings. The molecule has 0 saturated carbocycles. The zero-order valence-corrected chi connectivity index (χ0v) is 10.2. The van der Waals surface area contributed by atoms with Crippen LogP contribution in [0, 0.1) is 6.92 Å². The number of hydrogen-bond acceptors (Lipinski definition) is 1. The molecule has 3 heteroatoms. The molecule has 0 atom stereocenters. The highest BCUT2D eigenvalue weighted by Gasteiger charge is 2.11. The molecule has 0 fully saturated rings. The van der Waals surface area contributed by atoms with Crippen molar-refractivity contribution in [2.45, 2.75) is 13.3 Å². The first-order valence-corrected chi connectivity index (χ1v) is 5.98. The fourth-order valence-corrected chi connectivity index (χ4v) is 2.37. The average Bonchev–Trinajstić information content (AvgIpc) is 2.69. The summed E-state index contributed by atoms with van der Waals surface area (Å²) >= 11 is 0. The van der Waals surface area contributed by atoms with Crippen LogP contribution in [0.25, 0.3) is 10.9 Å². The van der Waals surface area contributed by atoms with Crippen LogP contribution in [0.2, 0.25) is 0 Å². The predicted molar refractivity (Wildman–Crippen MR) is 72.9 cm³/mol. The van der Waals surface area contributed by atoms with E-state index in [2.05, 4.69) is 22.1 Å². The molecule has 2 heterocycles. The topological polar surface area (TPSA) is 48.6 Å². The Bertz CT molecular complexity index is 738. The Morgan fingerprint density at radius 1 is 1.11 bits per heavy atom. The van der Waals surface area contributed by atoms with Crippen molar-refractivity contribution in [3.8, 4) is 0 Å². The second-order valence-corrected chi connectivity index (χ2v) is 4.49. The molecule has 0 bridgehead atoms. The van der Waals surface area contributed by atoms with E-state index in [4.69, 9.17) is 0 Å². The molecular weight excluding hydrogens is 224 g/mol. The third-order valence-electron chi connectivity index (χ3n) is 3.26. The molecule has 2 N–H and O–H groups in total. The molecule has 3 rings (SSSR count). The van der Waals surface area contributed by atoms with Crippen LogP contribution in [0.4, 0.5) is 0 Å². The second-order valence-electron chi connectivity index (χ2n) is 4.49. The van der Waals surface area contributed by atoms with Crippen molar-refractivity contribution in [2.24, 2.45) is 0 Å². The van der Waals surface area contributed by atoms with Gasteiger partial charge in [-0.2, -0.15) is 0 Å². The van der Waals surface area contributed by atoms with Crippen molar-refractivity contribution in [1.29, 1.82) is 0 Å². The number of fused-ring (bicyclic) bond motifs is 1.